The van der Waals surface area contributed by atoms with Crippen LogP contribution in [-0.2, 0) is 16.0 Å². The summed E-state index contributed by atoms with van der Waals surface area (Å²) < 4.78 is 5.64. The Bertz CT molecular complexity index is 1140. The van der Waals surface area contributed by atoms with Crippen LogP contribution in [0.5, 0.6) is 0 Å². The van der Waals surface area contributed by atoms with Crippen LogP contribution in [0.3, 0.4) is 0 Å². The Balaban J connectivity index is 1.53. The molecule has 0 saturated carbocycles. The second kappa shape index (κ2) is 9.09. The van der Waals surface area contributed by atoms with E-state index in [9.17, 15) is 9.90 Å². The van der Waals surface area contributed by atoms with Crippen molar-refractivity contribution in [1.82, 2.24) is 24.8 Å². The highest BCUT2D eigenvalue weighted by Gasteiger charge is 2.47. The van der Waals surface area contributed by atoms with Crippen molar-refractivity contribution in [3.05, 3.63) is 18.0 Å². The van der Waals surface area contributed by atoms with E-state index < -0.39 is 12.1 Å². The standard InChI is InChI=1S/C24H35N9O3/c1-15-12-36-9-8-32(15)22-29-18(16-10-27-21(25)28-11-16)17-4-6-33(19(17)30-22)23(2)5-7-31(13-23)20(35)24(3,26)14-34/h10-11,15,34H,4-9,12-14,26H2,1-3H3,(H2,25,27,28)/t15-,23-,24+/m0/s1. The Morgan fingerprint density at radius 3 is 2.72 bits per heavy atom. The molecule has 2 aromatic rings. The van der Waals surface area contributed by atoms with Crippen LogP contribution in [0.1, 0.15) is 32.8 Å². The molecule has 0 bridgehead atoms. The van der Waals surface area contributed by atoms with Crippen molar-refractivity contribution < 1.29 is 14.6 Å². The van der Waals surface area contributed by atoms with E-state index in [-0.39, 0.29) is 23.4 Å². The first-order chi connectivity index (χ1) is 17.1. The number of aromatic nitrogens is 4. The highest BCUT2D eigenvalue weighted by molar-refractivity contribution is 5.86. The fraction of sp³-hybridized carbons (Fsp3) is 0.625. The van der Waals surface area contributed by atoms with E-state index in [1.54, 1.807) is 24.2 Å². The molecule has 0 radical (unpaired) electrons. The fourth-order valence-corrected chi connectivity index (χ4v) is 5.39. The molecule has 0 aromatic carbocycles. The van der Waals surface area contributed by atoms with E-state index in [1.807, 2.05) is 0 Å². The molecule has 194 valence electrons. The number of fused-ring (bicyclic) bond motifs is 1. The molecule has 36 heavy (non-hydrogen) atoms. The van der Waals surface area contributed by atoms with Crippen molar-refractivity contribution >= 4 is 23.6 Å². The summed E-state index contributed by atoms with van der Waals surface area (Å²) in [4.78, 5) is 37.7. The summed E-state index contributed by atoms with van der Waals surface area (Å²) in [5.41, 5.74) is 12.8. The van der Waals surface area contributed by atoms with E-state index >= 15 is 0 Å². The molecule has 12 nitrogen and oxygen atoms in total. The van der Waals surface area contributed by atoms with Gasteiger partial charge >= 0.3 is 0 Å². The lowest BCUT2D eigenvalue weighted by atomic mass is 9.99. The second-order valence-corrected chi connectivity index (χ2v) is 10.6. The number of likely N-dealkylation sites (tertiary alicyclic amines) is 1. The molecule has 3 aliphatic heterocycles. The average molecular weight is 498 g/mol. The van der Waals surface area contributed by atoms with Crippen molar-refractivity contribution in [2.45, 2.75) is 50.7 Å². The lowest BCUT2D eigenvalue weighted by molar-refractivity contribution is -0.136. The van der Waals surface area contributed by atoms with E-state index in [0.29, 0.717) is 38.8 Å². The SMILES string of the molecule is C[C@H]1COCCN1c1nc(-c2cnc(N)nc2)c2c(n1)N([C@@]1(C)CCN(C(=O)[C@](C)(N)CO)C1)CC2. The van der Waals surface area contributed by atoms with Crippen LogP contribution in [0.25, 0.3) is 11.3 Å². The zero-order valence-electron chi connectivity index (χ0n) is 21.1. The molecule has 5 rings (SSSR count). The van der Waals surface area contributed by atoms with Gasteiger partial charge in [-0.2, -0.15) is 4.98 Å². The maximum atomic E-state index is 13.0. The number of rotatable bonds is 5. The van der Waals surface area contributed by atoms with Gasteiger partial charge in [-0.1, -0.05) is 0 Å². The number of hydrogen-bond acceptors (Lipinski definition) is 11. The van der Waals surface area contributed by atoms with Crippen molar-refractivity contribution in [2.75, 3.05) is 61.5 Å². The molecule has 2 aromatic heterocycles. The van der Waals surface area contributed by atoms with Crippen LogP contribution >= 0.6 is 0 Å². The third-order valence-electron chi connectivity index (χ3n) is 7.59. The van der Waals surface area contributed by atoms with Crippen molar-refractivity contribution in [1.29, 1.82) is 0 Å². The molecular weight excluding hydrogens is 462 g/mol. The van der Waals surface area contributed by atoms with Crippen LogP contribution in [0.4, 0.5) is 17.7 Å². The minimum absolute atomic E-state index is 0.137. The summed E-state index contributed by atoms with van der Waals surface area (Å²) in [6.07, 6.45) is 4.94. The number of aliphatic hydroxyl groups is 1. The molecule has 0 aliphatic carbocycles. The van der Waals surface area contributed by atoms with E-state index in [0.717, 1.165) is 42.0 Å². The van der Waals surface area contributed by atoms with Gasteiger partial charge in [0.05, 0.1) is 37.1 Å². The molecule has 0 unspecified atom stereocenters. The van der Waals surface area contributed by atoms with Crippen molar-refractivity contribution in [3.8, 4) is 11.3 Å². The van der Waals surface area contributed by atoms with E-state index in [4.69, 9.17) is 26.2 Å². The van der Waals surface area contributed by atoms with Crippen LogP contribution in [0, 0.1) is 0 Å². The first kappa shape index (κ1) is 24.6. The summed E-state index contributed by atoms with van der Waals surface area (Å²) in [6, 6.07) is 0.137. The number of nitrogens with two attached hydrogens (primary N) is 2. The summed E-state index contributed by atoms with van der Waals surface area (Å²) >= 11 is 0. The molecule has 12 heteroatoms. The van der Waals surface area contributed by atoms with Crippen molar-refractivity contribution in [3.63, 3.8) is 0 Å². The number of nitrogen functional groups attached to an aromatic ring is 1. The average Bonchev–Trinajstić information content (AvgIpc) is 3.48. The zero-order valence-corrected chi connectivity index (χ0v) is 21.1. The van der Waals surface area contributed by atoms with Gasteiger partial charge < -0.3 is 36.0 Å². The first-order valence-corrected chi connectivity index (χ1v) is 12.4. The maximum Gasteiger partial charge on any atom is 0.244 e. The Morgan fingerprint density at radius 2 is 2.03 bits per heavy atom. The normalized spacial score (nSPS) is 25.7. The zero-order chi connectivity index (χ0) is 25.7. The Labute approximate surface area is 210 Å². The lowest BCUT2D eigenvalue weighted by Gasteiger charge is -2.38. The monoisotopic (exact) mass is 497 g/mol. The van der Waals surface area contributed by atoms with Gasteiger partial charge in [-0.15, -0.1) is 0 Å². The Morgan fingerprint density at radius 1 is 1.28 bits per heavy atom. The molecule has 3 aliphatic rings. The van der Waals surface area contributed by atoms with Crippen LogP contribution in [-0.4, -0.2) is 99.0 Å². The molecule has 5 heterocycles. The van der Waals surface area contributed by atoms with E-state index in [2.05, 4.69) is 33.6 Å². The molecule has 1 amide bonds. The molecular formula is C24H35N9O3. The van der Waals surface area contributed by atoms with Crippen LogP contribution in [0.15, 0.2) is 12.4 Å². The van der Waals surface area contributed by atoms with Gasteiger partial charge in [0.25, 0.3) is 0 Å². The molecule has 5 N–H and O–H groups in total. The lowest BCUT2D eigenvalue weighted by Crippen LogP contribution is -2.57. The predicted molar refractivity (Wildman–Crippen MR) is 135 cm³/mol. The second-order valence-electron chi connectivity index (χ2n) is 10.6. The topological polar surface area (TPSA) is 160 Å². The Hall–Kier alpha value is -3.09. The van der Waals surface area contributed by atoms with Gasteiger partial charge in [-0.25, -0.2) is 15.0 Å². The van der Waals surface area contributed by atoms with Crippen LogP contribution in [0.2, 0.25) is 0 Å². The number of morpholine rings is 1. The first-order valence-electron chi connectivity index (χ1n) is 12.4. The minimum atomic E-state index is -1.29. The van der Waals surface area contributed by atoms with Gasteiger partial charge in [0.15, 0.2) is 0 Å². The largest absolute Gasteiger partial charge is 0.394 e. The van der Waals surface area contributed by atoms with Gasteiger partial charge in [0.1, 0.15) is 11.4 Å². The van der Waals surface area contributed by atoms with Gasteiger partial charge in [0.2, 0.25) is 17.8 Å². The highest BCUT2D eigenvalue weighted by Crippen LogP contribution is 2.41. The molecule has 0 spiro atoms. The number of amides is 1. The summed E-state index contributed by atoms with van der Waals surface area (Å²) in [7, 11) is 0. The third kappa shape index (κ3) is 4.22. The fourth-order valence-electron chi connectivity index (χ4n) is 5.39. The molecule has 2 saturated heterocycles. The van der Waals surface area contributed by atoms with Gasteiger partial charge in [-0.3, -0.25) is 4.79 Å². The summed E-state index contributed by atoms with van der Waals surface area (Å²) in [5, 5.41) is 9.60. The number of nitrogens with zero attached hydrogens (tertiary/aromatic N) is 7. The third-order valence-corrected chi connectivity index (χ3v) is 7.59. The van der Waals surface area contributed by atoms with Gasteiger partial charge in [0, 0.05) is 49.7 Å². The summed E-state index contributed by atoms with van der Waals surface area (Å²) in [6.45, 7) is 9.21. The number of anilines is 3. The maximum absolute atomic E-state index is 13.0. The predicted octanol–water partition coefficient (Wildman–Crippen LogP) is -0.196. The highest BCUT2D eigenvalue weighted by atomic mass is 16.5. The number of hydrogen-bond donors (Lipinski definition) is 3. The van der Waals surface area contributed by atoms with E-state index in [1.165, 1.54) is 0 Å². The molecule has 2 fully saturated rings. The smallest absolute Gasteiger partial charge is 0.244 e. The van der Waals surface area contributed by atoms with Crippen LogP contribution < -0.4 is 21.3 Å². The quantitative estimate of drug-likeness (QED) is 0.502. The Kier molecular flexibility index (Phi) is 6.21. The number of carbonyl (C=O) groups excluding carboxylic acids is 1. The number of aliphatic hydroxyl groups excluding tert-OH is 1. The molecule has 3 atom stereocenters. The summed E-state index contributed by atoms with van der Waals surface area (Å²) in [5.74, 6) is 1.50. The number of carbonyl (C=O) groups is 1. The van der Waals surface area contributed by atoms with Crippen molar-refractivity contribution in [2.24, 2.45) is 5.73 Å². The number of ether oxygens (including phenoxy) is 1. The minimum Gasteiger partial charge on any atom is -0.394 e. The van der Waals surface area contributed by atoms with Gasteiger partial charge in [-0.05, 0) is 33.6 Å².